The summed E-state index contributed by atoms with van der Waals surface area (Å²) in [4.78, 5) is 21.1. The zero-order valence-electron chi connectivity index (χ0n) is 13.2. The Morgan fingerprint density at radius 1 is 1.21 bits per heavy atom. The minimum atomic E-state index is -0.136. The Labute approximate surface area is 140 Å². The average molecular weight is 318 g/mol. The summed E-state index contributed by atoms with van der Waals surface area (Å²) in [6.07, 6.45) is 7.80. The van der Waals surface area contributed by atoms with Gasteiger partial charge >= 0.3 is 0 Å². The van der Waals surface area contributed by atoms with Gasteiger partial charge < -0.3 is 9.88 Å². The van der Waals surface area contributed by atoms with Crippen LogP contribution in [0.25, 0.3) is 0 Å². The first-order valence-electron chi connectivity index (χ1n) is 8.11. The summed E-state index contributed by atoms with van der Waals surface area (Å²) in [5.74, 6) is 1.05. The highest BCUT2D eigenvalue weighted by atomic mass is 16.1. The van der Waals surface area contributed by atoms with Crippen LogP contribution in [0.4, 0.5) is 5.82 Å². The van der Waals surface area contributed by atoms with E-state index in [4.69, 9.17) is 0 Å². The van der Waals surface area contributed by atoms with Gasteiger partial charge in [0.1, 0.15) is 5.82 Å². The summed E-state index contributed by atoms with van der Waals surface area (Å²) in [6.45, 7) is 0.691. The fraction of sp³-hybridized carbons (Fsp3) is 0.211. The summed E-state index contributed by atoms with van der Waals surface area (Å²) in [5, 5.41) is 2.90. The minimum Gasteiger partial charge on any atom is -0.333 e. The molecule has 0 bridgehead atoms. The van der Waals surface area contributed by atoms with Crippen molar-refractivity contribution in [3.8, 4) is 0 Å². The van der Waals surface area contributed by atoms with Crippen LogP contribution in [0.1, 0.15) is 40.4 Å². The highest BCUT2D eigenvalue weighted by Gasteiger charge is 2.25. The van der Waals surface area contributed by atoms with Gasteiger partial charge in [0.2, 0.25) is 0 Å². The van der Waals surface area contributed by atoms with Crippen LogP contribution in [-0.4, -0.2) is 20.4 Å². The molecule has 1 aliphatic carbocycles. The number of pyridine rings is 1. The minimum absolute atomic E-state index is 0.136. The molecular formula is C19H18N4O. The highest BCUT2D eigenvalue weighted by molar-refractivity contribution is 6.03. The van der Waals surface area contributed by atoms with Gasteiger partial charge in [0.15, 0.2) is 0 Å². The first-order valence-corrected chi connectivity index (χ1v) is 8.11. The van der Waals surface area contributed by atoms with Gasteiger partial charge in [-0.05, 0) is 42.7 Å². The van der Waals surface area contributed by atoms with Crippen molar-refractivity contribution in [3.05, 3.63) is 78.0 Å². The Hall–Kier alpha value is -2.95. The van der Waals surface area contributed by atoms with Crippen molar-refractivity contribution in [3.63, 3.8) is 0 Å². The molecule has 5 heteroatoms. The number of hydrogen-bond donors (Lipinski definition) is 1. The van der Waals surface area contributed by atoms with E-state index in [1.807, 2.05) is 53.2 Å². The first-order chi connectivity index (χ1) is 11.8. The van der Waals surface area contributed by atoms with Gasteiger partial charge in [-0.15, -0.1) is 0 Å². The summed E-state index contributed by atoms with van der Waals surface area (Å²) >= 11 is 0. The van der Waals surface area contributed by atoms with Crippen LogP contribution >= 0.6 is 0 Å². The fourth-order valence-electron chi connectivity index (χ4n) is 2.72. The number of carbonyl (C=O) groups excluding carboxylic acids is 1. The van der Waals surface area contributed by atoms with Crippen molar-refractivity contribution in [1.82, 2.24) is 14.5 Å². The normalized spacial score (nSPS) is 13.7. The molecule has 1 saturated carbocycles. The molecule has 5 nitrogen and oxygen atoms in total. The molecule has 1 amide bonds. The number of anilines is 1. The monoisotopic (exact) mass is 318 g/mol. The summed E-state index contributed by atoms with van der Waals surface area (Å²) in [7, 11) is 0. The van der Waals surface area contributed by atoms with E-state index in [0.717, 1.165) is 11.3 Å². The summed E-state index contributed by atoms with van der Waals surface area (Å²) in [6, 6.07) is 13.4. The third kappa shape index (κ3) is 3.35. The lowest BCUT2D eigenvalue weighted by molar-refractivity contribution is 0.102. The molecule has 2 aromatic heterocycles. The first kappa shape index (κ1) is 14.6. The molecule has 24 heavy (non-hydrogen) atoms. The van der Waals surface area contributed by atoms with Crippen molar-refractivity contribution in [2.75, 3.05) is 5.32 Å². The largest absolute Gasteiger partial charge is 0.333 e. The van der Waals surface area contributed by atoms with Crippen LogP contribution in [-0.2, 0) is 6.54 Å². The number of rotatable bonds is 5. The van der Waals surface area contributed by atoms with Crippen molar-refractivity contribution in [2.45, 2.75) is 25.3 Å². The number of hydrogen-bond acceptors (Lipinski definition) is 3. The van der Waals surface area contributed by atoms with E-state index in [2.05, 4.69) is 15.3 Å². The quantitative estimate of drug-likeness (QED) is 0.784. The Morgan fingerprint density at radius 3 is 2.88 bits per heavy atom. The highest BCUT2D eigenvalue weighted by Crippen LogP contribution is 2.39. The molecule has 2 heterocycles. The van der Waals surface area contributed by atoms with Gasteiger partial charge in [-0.1, -0.05) is 18.2 Å². The van der Waals surface area contributed by atoms with Gasteiger partial charge in [0.25, 0.3) is 5.91 Å². The van der Waals surface area contributed by atoms with Crippen LogP contribution < -0.4 is 5.32 Å². The van der Waals surface area contributed by atoms with Crippen molar-refractivity contribution in [1.29, 1.82) is 0 Å². The lowest BCUT2D eigenvalue weighted by atomic mass is 10.1. The van der Waals surface area contributed by atoms with E-state index in [1.54, 1.807) is 12.5 Å². The van der Waals surface area contributed by atoms with Crippen LogP contribution in [0.15, 0.2) is 61.2 Å². The van der Waals surface area contributed by atoms with Gasteiger partial charge in [-0.2, -0.15) is 0 Å². The Kier molecular flexibility index (Phi) is 3.83. The molecule has 120 valence electrons. The SMILES string of the molecule is O=C(Nc1cccc(C2CC2)n1)c1cccc(Cn2ccnc2)c1. The molecule has 4 rings (SSSR count). The predicted molar refractivity (Wildman–Crippen MR) is 91.9 cm³/mol. The Bertz CT molecular complexity index is 853. The lowest BCUT2D eigenvalue weighted by Gasteiger charge is -2.08. The third-order valence-electron chi connectivity index (χ3n) is 4.12. The van der Waals surface area contributed by atoms with E-state index in [-0.39, 0.29) is 5.91 Å². The van der Waals surface area contributed by atoms with E-state index in [1.165, 1.54) is 12.8 Å². The predicted octanol–water partition coefficient (Wildman–Crippen LogP) is 3.46. The van der Waals surface area contributed by atoms with E-state index in [0.29, 0.717) is 23.8 Å². The Morgan fingerprint density at radius 2 is 2.08 bits per heavy atom. The zero-order chi connectivity index (χ0) is 16.4. The number of benzene rings is 1. The number of aromatic nitrogens is 3. The van der Waals surface area contributed by atoms with E-state index >= 15 is 0 Å². The maximum Gasteiger partial charge on any atom is 0.256 e. The van der Waals surface area contributed by atoms with Gasteiger partial charge in [-0.25, -0.2) is 9.97 Å². The molecule has 0 atom stereocenters. The number of nitrogens with one attached hydrogen (secondary N) is 1. The maximum absolute atomic E-state index is 12.5. The fourth-order valence-corrected chi connectivity index (χ4v) is 2.72. The van der Waals surface area contributed by atoms with Crippen molar-refractivity contribution >= 4 is 11.7 Å². The van der Waals surface area contributed by atoms with Gasteiger partial charge in [0.05, 0.1) is 6.33 Å². The molecule has 0 spiro atoms. The topological polar surface area (TPSA) is 59.8 Å². The molecule has 3 aromatic rings. The Balaban J connectivity index is 1.48. The van der Waals surface area contributed by atoms with Crippen LogP contribution in [0.5, 0.6) is 0 Å². The second-order valence-corrected chi connectivity index (χ2v) is 6.11. The summed E-state index contributed by atoms with van der Waals surface area (Å²) in [5.41, 5.74) is 2.76. The average Bonchev–Trinajstić information content (AvgIpc) is 3.34. The van der Waals surface area contributed by atoms with Crippen molar-refractivity contribution < 1.29 is 4.79 Å². The molecule has 0 saturated heterocycles. The van der Waals surface area contributed by atoms with Crippen LogP contribution in [0.2, 0.25) is 0 Å². The van der Waals surface area contributed by atoms with Gasteiger partial charge in [-0.3, -0.25) is 4.79 Å². The molecule has 0 radical (unpaired) electrons. The number of amides is 1. The van der Waals surface area contributed by atoms with Gasteiger partial charge in [0, 0.05) is 36.1 Å². The van der Waals surface area contributed by atoms with E-state index < -0.39 is 0 Å². The molecule has 0 aliphatic heterocycles. The van der Waals surface area contributed by atoms with Crippen LogP contribution in [0, 0.1) is 0 Å². The maximum atomic E-state index is 12.5. The second kappa shape index (κ2) is 6.28. The van der Waals surface area contributed by atoms with E-state index in [9.17, 15) is 4.79 Å². The standard InChI is InChI=1S/C19H18N4O/c24-19(22-18-6-2-5-17(21-18)15-7-8-15)16-4-1-3-14(11-16)12-23-10-9-20-13-23/h1-6,9-11,13,15H,7-8,12H2,(H,21,22,24). The molecule has 1 aliphatic rings. The third-order valence-corrected chi connectivity index (χ3v) is 4.12. The second-order valence-electron chi connectivity index (χ2n) is 6.11. The van der Waals surface area contributed by atoms with Crippen LogP contribution in [0.3, 0.4) is 0 Å². The number of imidazole rings is 1. The van der Waals surface area contributed by atoms with Crippen molar-refractivity contribution in [2.24, 2.45) is 0 Å². The zero-order valence-corrected chi connectivity index (χ0v) is 13.2. The number of nitrogens with zero attached hydrogens (tertiary/aromatic N) is 3. The smallest absolute Gasteiger partial charge is 0.256 e. The molecule has 1 aromatic carbocycles. The molecular weight excluding hydrogens is 300 g/mol. The summed E-state index contributed by atoms with van der Waals surface area (Å²) < 4.78 is 1.97. The lowest BCUT2D eigenvalue weighted by Crippen LogP contribution is -2.13. The number of carbonyl (C=O) groups is 1. The molecule has 0 unspecified atom stereocenters. The molecule has 1 fully saturated rings. The molecule has 1 N–H and O–H groups in total.